The quantitative estimate of drug-likeness (QED) is 0.692. The van der Waals surface area contributed by atoms with Crippen molar-refractivity contribution in [2.24, 2.45) is 0 Å². The summed E-state index contributed by atoms with van der Waals surface area (Å²) in [7, 11) is 0. The highest BCUT2D eigenvalue weighted by atomic mass is 32.2. The Morgan fingerprint density at radius 2 is 1.78 bits per heavy atom. The molecule has 3 atom stereocenters. The van der Waals surface area contributed by atoms with Gasteiger partial charge in [-0.15, -0.1) is 11.8 Å². The van der Waals surface area contributed by atoms with E-state index in [-0.39, 0.29) is 0 Å². The van der Waals surface area contributed by atoms with E-state index in [9.17, 15) is 0 Å². The van der Waals surface area contributed by atoms with Crippen LogP contribution in [0.3, 0.4) is 0 Å². The van der Waals surface area contributed by atoms with Gasteiger partial charge in [-0.2, -0.15) is 0 Å². The molecule has 0 aromatic heterocycles. The molecule has 2 saturated heterocycles. The Kier molecular flexibility index (Phi) is 7.08. The Morgan fingerprint density at radius 3 is 2.43 bits per heavy atom. The summed E-state index contributed by atoms with van der Waals surface area (Å²) in [6, 6.07) is 2.89. The Hall–Kier alpha value is 0.190. The predicted octanol–water partition coefficient (Wildman–Crippen LogP) is 2.36. The van der Waals surface area contributed by atoms with E-state index in [0.717, 1.165) is 6.04 Å². The third-order valence-electron chi connectivity index (χ3n) is 6.05. The molecule has 0 aromatic carbocycles. The van der Waals surface area contributed by atoms with Crippen LogP contribution >= 0.6 is 11.8 Å². The Bertz CT molecular complexity index is 336. The fourth-order valence-electron chi connectivity index (χ4n) is 4.60. The zero-order valence-corrected chi connectivity index (χ0v) is 15.8. The van der Waals surface area contributed by atoms with Crippen LogP contribution in [0.5, 0.6) is 0 Å². The largest absolute Gasteiger partial charge is 0.312 e. The minimum Gasteiger partial charge on any atom is -0.312 e. The van der Waals surface area contributed by atoms with Crippen LogP contribution in [0.1, 0.15) is 58.8 Å². The highest BCUT2D eigenvalue weighted by molar-refractivity contribution is 8.00. The van der Waals surface area contributed by atoms with Crippen LogP contribution in [-0.4, -0.2) is 60.0 Å². The lowest BCUT2D eigenvalue weighted by Crippen LogP contribution is -2.53. The summed E-state index contributed by atoms with van der Waals surface area (Å²) in [5.74, 6) is 1.25. The topological polar surface area (TPSA) is 39.3 Å². The van der Waals surface area contributed by atoms with Gasteiger partial charge >= 0.3 is 0 Å². The molecule has 3 unspecified atom stereocenters. The third-order valence-corrected chi connectivity index (χ3v) is 7.21. The van der Waals surface area contributed by atoms with E-state index in [1.54, 1.807) is 0 Å². The fourth-order valence-corrected chi connectivity index (χ4v) is 5.89. The molecule has 3 aliphatic rings. The molecule has 2 aliphatic heterocycles. The third kappa shape index (κ3) is 4.85. The molecule has 3 rings (SSSR count). The SMILES string of the molecule is CCN(CC)C1CCC(NC2NC(C3CCCCN3)CS2)CC1. The maximum atomic E-state index is 3.89. The lowest BCUT2D eigenvalue weighted by molar-refractivity contribution is 0.155. The zero-order valence-electron chi connectivity index (χ0n) is 15.0. The van der Waals surface area contributed by atoms with E-state index in [2.05, 4.69) is 46.5 Å². The molecule has 3 fully saturated rings. The minimum atomic E-state index is 0.471. The van der Waals surface area contributed by atoms with Crippen LogP contribution in [0.4, 0.5) is 0 Å². The van der Waals surface area contributed by atoms with Crippen LogP contribution in [-0.2, 0) is 0 Å². The lowest BCUT2D eigenvalue weighted by Gasteiger charge is -2.37. The summed E-state index contributed by atoms with van der Waals surface area (Å²) in [6.45, 7) is 8.21. The Balaban J connectivity index is 1.38. The minimum absolute atomic E-state index is 0.471. The summed E-state index contributed by atoms with van der Waals surface area (Å²) < 4.78 is 0. The van der Waals surface area contributed by atoms with Gasteiger partial charge in [0.2, 0.25) is 0 Å². The lowest BCUT2D eigenvalue weighted by atomic mass is 9.90. The standard InChI is InChI=1S/C18H36N4S/c1-3-22(4-2)15-10-8-14(9-11-15)20-18-21-17(13-23-18)16-7-5-6-12-19-16/h14-21H,3-13H2,1-2H3. The molecule has 23 heavy (non-hydrogen) atoms. The highest BCUT2D eigenvalue weighted by Gasteiger charge is 2.33. The smallest absolute Gasteiger partial charge is 0.106 e. The van der Waals surface area contributed by atoms with Crippen molar-refractivity contribution in [3.05, 3.63) is 0 Å². The summed E-state index contributed by atoms with van der Waals surface area (Å²) in [5, 5.41) is 11.4. The van der Waals surface area contributed by atoms with Gasteiger partial charge in [0.1, 0.15) is 5.50 Å². The summed E-state index contributed by atoms with van der Waals surface area (Å²) in [6.07, 6.45) is 9.51. The van der Waals surface area contributed by atoms with Crippen molar-refractivity contribution in [2.45, 2.75) is 88.5 Å². The monoisotopic (exact) mass is 340 g/mol. The second kappa shape index (κ2) is 9.04. The van der Waals surface area contributed by atoms with Crippen molar-refractivity contribution in [1.82, 2.24) is 20.9 Å². The molecule has 4 nitrogen and oxygen atoms in total. The van der Waals surface area contributed by atoms with Gasteiger partial charge in [-0.05, 0) is 58.2 Å². The highest BCUT2D eigenvalue weighted by Crippen LogP contribution is 2.27. The van der Waals surface area contributed by atoms with Gasteiger partial charge in [0.15, 0.2) is 0 Å². The first-order chi connectivity index (χ1) is 11.3. The average molecular weight is 341 g/mol. The maximum absolute atomic E-state index is 3.89. The van der Waals surface area contributed by atoms with E-state index in [1.807, 2.05) is 0 Å². The summed E-state index contributed by atoms with van der Waals surface area (Å²) in [5.41, 5.74) is 0.471. The molecule has 3 N–H and O–H groups in total. The Labute approximate surface area is 146 Å². The molecular weight excluding hydrogens is 304 g/mol. The van der Waals surface area contributed by atoms with Crippen molar-refractivity contribution in [1.29, 1.82) is 0 Å². The second-order valence-corrected chi connectivity index (χ2v) is 8.57. The zero-order chi connectivity index (χ0) is 16.1. The van der Waals surface area contributed by atoms with Crippen LogP contribution in [0.15, 0.2) is 0 Å². The van der Waals surface area contributed by atoms with Crippen molar-refractivity contribution < 1.29 is 0 Å². The molecule has 2 heterocycles. The summed E-state index contributed by atoms with van der Waals surface area (Å²) >= 11 is 2.08. The molecule has 0 radical (unpaired) electrons. The number of nitrogens with zero attached hydrogens (tertiary/aromatic N) is 1. The number of piperidine rings is 1. The predicted molar refractivity (Wildman–Crippen MR) is 101 cm³/mol. The normalized spacial score (nSPS) is 39.0. The molecule has 1 saturated carbocycles. The number of thioether (sulfide) groups is 1. The van der Waals surface area contributed by atoms with E-state index in [1.165, 1.54) is 70.3 Å². The first-order valence-electron chi connectivity index (χ1n) is 9.91. The number of hydrogen-bond acceptors (Lipinski definition) is 5. The Morgan fingerprint density at radius 1 is 1.00 bits per heavy atom. The summed E-state index contributed by atoms with van der Waals surface area (Å²) in [4.78, 5) is 2.64. The molecular formula is C18H36N4S. The molecule has 0 amide bonds. The van der Waals surface area contributed by atoms with Crippen molar-refractivity contribution >= 4 is 11.8 Å². The van der Waals surface area contributed by atoms with Crippen LogP contribution in [0, 0.1) is 0 Å². The number of rotatable bonds is 6. The van der Waals surface area contributed by atoms with Crippen molar-refractivity contribution in [3.8, 4) is 0 Å². The van der Waals surface area contributed by atoms with Crippen molar-refractivity contribution in [2.75, 3.05) is 25.4 Å². The molecule has 134 valence electrons. The van der Waals surface area contributed by atoms with Crippen molar-refractivity contribution in [3.63, 3.8) is 0 Å². The average Bonchev–Trinajstić information content (AvgIpc) is 3.07. The van der Waals surface area contributed by atoms with Crippen LogP contribution in [0.25, 0.3) is 0 Å². The van der Waals surface area contributed by atoms with Crippen LogP contribution < -0.4 is 16.0 Å². The molecule has 0 bridgehead atoms. The number of nitrogens with one attached hydrogen (secondary N) is 3. The molecule has 0 spiro atoms. The molecule has 1 aliphatic carbocycles. The molecule has 5 heteroatoms. The van der Waals surface area contributed by atoms with Gasteiger partial charge in [-0.1, -0.05) is 20.3 Å². The van der Waals surface area contributed by atoms with Gasteiger partial charge < -0.3 is 10.2 Å². The van der Waals surface area contributed by atoms with Gasteiger partial charge in [-0.3, -0.25) is 10.6 Å². The van der Waals surface area contributed by atoms with Gasteiger partial charge in [0, 0.05) is 29.9 Å². The van der Waals surface area contributed by atoms with Crippen LogP contribution in [0.2, 0.25) is 0 Å². The number of hydrogen-bond donors (Lipinski definition) is 3. The van der Waals surface area contributed by atoms with Gasteiger partial charge in [-0.25, -0.2) is 0 Å². The van der Waals surface area contributed by atoms with E-state index >= 15 is 0 Å². The first kappa shape index (κ1) is 18.0. The second-order valence-electron chi connectivity index (χ2n) is 7.44. The molecule has 0 aromatic rings. The van der Waals surface area contributed by atoms with Gasteiger partial charge in [0.05, 0.1) is 0 Å². The van der Waals surface area contributed by atoms with Gasteiger partial charge in [0.25, 0.3) is 0 Å². The fraction of sp³-hybridized carbons (Fsp3) is 1.00. The van der Waals surface area contributed by atoms with E-state index in [0.29, 0.717) is 23.6 Å². The maximum Gasteiger partial charge on any atom is 0.106 e. The van der Waals surface area contributed by atoms with E-state index in [4.69, 9.17) is 0 Å². The first-order valence-corrected chi connectivity index (χ1v) is 11.0. The van der Waals surface area contributed by atoms with E-state index < -0.39 is 0 Å².